The summed E-state index contributed by atoms with van der Waals surface area (Å²) in [5.41, 5.74) is 2.28. The van der Waals surface area contributed by atoms with Crippen LogP contribution in [0.4, 0.5) is 20.3 Å². The lowest BCUT2D eigenvalue weighted by atomic mass is 10.1. The third kappa shape index (κ3) is 5.75. The second-order valence-electron chi connectivity index (χ2n) is 6.06. The SMILES string of the molecule is Cc1ccc(CNc2ccc(SCC(=O)Nc3ccc(F)cc3F)nn2)cc1. The van der Waals surface area contributed by atoms with Crippen molar-refractivity contribution in [3.63, 3.8) is 0 Å². The van der Waals surface area contributed by atoms with Crippen molar-refractivity contribution in [1.29, 1.82) is 0 Å². The molecule has 0 spiro atoms. The molecular formula is C20H18F2N4OS. The highest BCUT2D eigenvalue weighted by molar-refractivity contribution is 7.99. The molecule has 1 amide bonds. The molecule has 144 valence electrons. The van der Waals surface area contributed by atoms with Gasteiger partial charge in [0.1, 0.15) is 22.5 Å². The molecule has 0 saturated carbocycles. The number of benzene rings is 2. The molecule has 0 aliphatic carbocycles. The van der Waals surface area contributed by atoms with E-state index < -0.39 is 17.5 Å². The van der Waals surface area contributed by atoms with Crippen LogP contribution in [-0.2, 0) is 11.3 Å². The molecule has 0 aliphatic heterocycles. The molecular weight excluding hydrogens is 382 g/mol. The van der Waals surface area contributed by atoms with Crippen LogP contribution in [-0.4, -0.2) is 21.9 Å². The van der Waals surface area contributed by atoms with Gasteiger partial charge >= 0.3 is 0 Å². The van der Waals surface area contributed by atoms with Crippen molar-refractivity contribution in [2.45, 2.75) is 18.5 Å². The molecule has 0 unspecified atom stereocenters. The van der Waals surface area contributed by atoms with E-state index in [2.05, 4.69) is 20.8 Å². The van der Waals surface area contributed by atoms with Gasteiger partial charge in [0, 0.05) is 12.6 Å². The van der Waals surface area contributed by atoms with Gasteiger partial charge in [0.2, 0.25) is 5.91 Å². The van der Waals surface area contributed by atoms with E-state index in [1.807, 2.05) is 31.2 Å². The minimum atomic E-state index is -0.817. The number of aromatic nitrogens is 2. The van der Waals surface area contributed by atoms with E-state index in [0.717, 1.165) is 17.7 Å². The first-order valence-electron chi connectivity index (χ1n) is 8.50. The van der Waals surface area contributed by atoms with Crippen LogP contribution in [0.25, 0.3) is 0 Å². The number of anilines is 2. The van der Waals surface area contributed by atoms with Crippen LogP contribution >= 0.6 is 11.8 Å². The Morgan fingerprint density at radius 1 is 1.04 bits per heavy atom. The number of amides is 1. The Labute approximate surface area is 165 Å². The van der Waals surface area contributed by atoms with E-state index in [-0.39, 0.29) is 11.4 Å². The first-order chi connectivity index (χ1) is 13.5. The average molecular weight is 400 g/mol. The van der Waals surface area contributed by atoms with Crippen LogP contribution in [0.2, 0.25) is 0 Å². The van der Waals surface area contributed by atoms with Gasteiger partial charge in [0.15, 0.2) is 0 Å². The molecule has 5 nitrogen and oxygen atoms in total. The highest BCUT2D eigenvalue weighted by Crippen LogP contribution is 2.18. The maximum absolute atomic E-state index is 13.5. The summed E-state index contributed by atoms with van der Waals surface area (Å²) in [6.07, 6.45) is 0. The fraction of sp³-hybridized carbons (Fsp3) is 0.150. The molecule has 8 heteroatoms. The van der Waals surface area contributed by atoms with Crippen LogP contribution in [0.5, 0.6) is 0 Å². The lowest BCUT2D eigenvalue weighted by molar-refractivity contribution is -0.113. The summed E-state index contributed by atoms with van der Waals surface area (Å²) in [5.74, 6) is -1.28. The number of nitrogens with zero attached hydrogens (tertiary/aromatic N) is 2. The van der Waals surface area contributed by atoms with Gasteiger partial charge in [-0.25, -0.2) is 8.78 Å². The normalized spacial score (nSPS) is 10.5. The van der Waals surface area contributed by atoms with Crippen LogP contribution < -0.4 is 10.6 Å². The van der Waals surface area contributed by atoms with E-state index >= 15 is 0 Å². The molecule has 0 bridgehead atoms. The molecule has 0 atom stereocenters. The lowest BCUT2D eigenvalue weighted by Crippen LogP contribution is -2.15. The maximum atomic E-state index is 13.5. The summed E-state index contributed by atoms with van der Waals surface area (Å²) in [7, 11) is 0. The number of hydrogen-bond donors (Lipinski definition) is 2. The van der Waals surface area contributed by atoms with Crippen LogP contribution in [0.3, 0.4) is 0 Å². The van der Waals surface area contributed by atoms with E-state index in [1.165, 1.54) is 23.4 Å². The van der Waals surface area contributed by atoms with Gasteiger partial charge in [-0.3, -0.25) is 4.79 Å². The Bertz CT molecular complexity index is 949. The molecule has 2 aromatic carbocycles. The van der Waals surface area contributed by atoms with Crippen molar-refractivity contribution < 1.29 is 13.6 Å². The molecule has 3 rings (SSSR count). The summed E-state index contributed by atoms with van der Waals surface area (Å²) in [6, 6.07) is 14.7. The minimum absolute atomic E-state index is 0.0294. The molecule has 0 fully saturated rings. The number of aryl methyl sites for hydroxylation is 1. The van der Waals surface area contributed by atoms with Gasteiger partial charge in [-0.15, -0.1) is 10.2 Å². The van der Waals surface area contributed by atoms with Gasteiger partial charge in [-0.1, -0.05) is 41.6 Å². The summed E-state index contributed by atoms with van der Waals surface area (Å²) in [5, 5.41) is 14.3. The molecule has 2 N–H and O–H groups in total. The van der Waals surface area contributed by atoms with Crippen LogP contribution in [0, 0.1) is 18.6 Å². The van der Waals surface area contributed by atoms with Crippen molar-refractivity contribution >= 4 is 29.2 Å². The quantitative estimate of drug-likeness (QED) is 0.575. The Morgan fingerprint density at radius 3 is 2.50 bits per heavy atom. The lowest BCUT2D eigenvalue weighted by Gasteiger charge is -2.07. The zero-order valence-corrected chi connectivity index (χ0v) is 15.9. The minimum Gasteiger partial charge on any atom is -0.365 e. The highest BCUT2D eigenvalue weighted by atomic mass is 32.2. The largest absolute Gasteiger partial charge is 0.365 e. The van der Waals surface area contributed by atoms with Gasteiger partial charge in [-0.05, 0) is 36.8 Å². The third-order valence-electron chi connectivity index (χ3n) is 3.79. The molecule has 0 aliphatic rings. The van der Waals surface area contributed by atoms with E-state index in [0.29, 0.717) is 17.4 Å². The Kier molecular flexibility index (Phi) is 6.54. The van der Waals surface area contributed by atoms with Gasteiger partial charge in [0.05, 0.1) is 11.4 Å². The van der Waals surface area contributed by atoms with Gasteiger partial charge in [-0.2, -0.15) is 0 Å². The number of carbonyl (C=O) groups excluding carboxylic acids is 1. The Balaban J connectivity index is 1.47. The van der Waals surface area contributed by atoms with Crippen molar-refractivity contribution in [3.8, 4) is 0 Å². The number of rotatable bonds is 7. The summed E-state index contributed by atoms with van der Waals surface area (Å²) >= 11 is 1.17. The molecule has 0 radical (unpaired) electrons. The Morgan fingerprint density at radius 2 is 1.82 bits per heavy atom. The van der Waals surface area contributed by atoms with Crippen LogP contribution in [0.1, 0.15) is 11.1 Å². The predicted molar refractivity (Wildman–Crippen MR) is 106 cm³/mol. The fourth-order valence-corrected chi connectivity index (χ4v) is 2.92. The maximum Gasteiger partial charge on any atom is 0.234 e. The predicted octanol–water partition coefficient (Wildman–Crippen LogP) is 4.41. The summed E-state index contributed by atoms with van der Waals surface area (Å²) < 4.78 is 26.4. The first-order valence-corrected chi connectivity index (χ1v) is 9.49. The van der Waals surface area contributed by atoms with Crippen molar-refractivity contribution in [2.75, 3.05) is 16.4 Å². The van der Waals surface area contributed by atoms with E-state index in [9.17, 15) is 13.6 Å². The molecule has 28 heavy (non-hydrogen) atoms. The van der Waals surface area contributed by atoms with Crippen molar-refractivity contribution in [2.24, 2.45) is 0 Å². The van der Waals surface area contributed by atoms with E-state index in [1.54, 1.807) is 12.1 Å². The molecule has 0 saturated heterocycles. The summed E-state index contributed by atoms with van der Waals surface area (Å²) in [6.45, 7) is 2.67. The number of carbonyl (C=O) groups is 1. The number of nitrogens with one attached hydrogen (secondary N) is 2. The molecule has 1 aromatic heterocycles. The first kappa shape index (κ1) is 19.8. The molecule has 3 aromatic rings. The second kappa shape index (κ2) is 9.27. The average Bonchev–Trinajstić information content (AvgIpc) is 2.69. The molecule has 1 heterocycles. The second-order valence-corrected chi connectivity index (χ2v) is 7.05. The zero-order valence-electron chi connectivity index (χ0n) is 15.1. The number of hydrogen-bond acceptors (Lipinski definition) is 5. The van der Waals surface area contributed by atoms with Crippen molar-refractivity contribution in [1.82, 2.24) is 10.2 Å². The third-order valence-corrected chi connectivity index (χ3v) is 4.71. The number of halogens is 2. The van der Waals surface area contributed by atoms with Crippen LogP contribution in [0.15, 0.2) is 59.6 Å². The Hall–Kier alpha value is -3.00. The standard InChI is InChI=1S/C20H18F2N4OS/c1-13-2-4-14(5-3-13)11-23-18-8-9-20(26-25-18)28-12-19(27)24-17-7-6-15(21)10-16(17)22/h2-10H,11-12H2,1H3,(H,23,25)(H,24,27). The topological polar surface area (TPSA) is 66.9 Å². The van der Waals surface area contributed by atoms with Gasteiger partial charge < -0.3 is 10.6 Å². The van der Waals surface area contributed by atoms with Gasteiger partial charge in [0.25, 0.3) is 0 Å². The summed E-state index contributed by atoms with van der Waals surface area (Å²) in [4.78, 5) is 11.9. The monoisotopic (exact) mass is 400 g/mol. The number of thioether (sulfide) groups is 1. The van der Waals surface area contributed by atoms with E-state index in [4.69, 9.17) is 0 Å². The highest BCUT2D eigenvalue weighted by Gasteiger charge is 2.09. The fourth-order valence-electron chi connectivity index (χ4n) is 2.31. The smallest absolute Gasteiger partial charge is 0.234 e. The van der Waals surface area contributed by atoms with Crippen molar-refractivity contribution in [3.05, 3.63) is 77.4 Å². The zero-order chi connectivity index (χ0) is 19.9.